The van der Waals surface area contributed by atoms with Crippen LogP contribution in [0, 0.1) is 6.92 Å². The predicted octanol–water partition coefficient (Wildman–Crippen LogP) is 4.48. The third kappa shape index (κ3) is 3.66. The first kappa shape index (κ1) is 20.6. The van der Waals surface area contributed by atoms with Gasteiger partial charge in [-0.1, -0.05) is 48.5 Å². The van der Waals surface area contributed by atoms with Gasteiger partial charge in [-0.2, -0.15) is 0 Å². The van der Waals surface area contributed by atoms with Gasteiger partial charge >= 0.3 is 12.1 Å². The van der Waals surface area contributed by atoms with Crippen LogP contribution in [0.1, 0.15) is 42.6 Å². The number of carboxylic acid groups (broad SMARTS) is 1. The Morgan fingerprint density at radius 1 is 1.03 bits per heavy atom. The van der Waals surface area contributed by atoms with Gasteiger partial charge in [-0.3, -0.25) is 10.1 Å². The number of carboxylic acids is 1. The van der Waals surface area contributed by atoms with E-state index in [2.05, 4.69) is 10.6 Å². The maximum absolute atomic E-state index is 12.5. The molecule has 1 aliphatic rings. The van der Waals surface area contributed by atoms with Crippen LogP contribution < -0.4 is 10.6 Å². The van der Waals surface area contributed by atoms with E-state index in [1.54, 1.807) is 0 Å². The van der Waals surface area contributed by atoms with Crippen LogP contribution in [0.3, 0.4) is 0 Å². The van der Waals surface area contributed by atoms with Crippen LogP contribution >= 0.6 is 11.3 Å². The summed E-state index contributed by atoms with van der Waals surface area (Å²) in [6, 6.07) is 16.0. The highest BCUT2D eigenvalue weighted by Gasteiger charge is 2.30. The van der Waals surface area contributed by atoms with Crippen molar-refractivity contribution in [1.82, 2.24) is 5.32 Å². The maximum atomic E-state index is 12.5. The molecule has 31 heavy (non-hydrogen) atoms. The molecule has 158 valence electrons. The summed E-state index contributed by atoms with van der Waals surface area (Å²) in [5.41, 5.74) is 4.57. The Morgan fingerprint density at radius 2 is 1.61 bits per heavy atom. The number of thiophene rings is 1. The molecule has 0 radical (unpaired) electrons. The lowest BCUT2D eigenvalue weighted by molar-refractivity contribution is 0.0697. The van der Waals surface area contributed by atoms with E-state index in [0.717, 1.165) is 33.6 Å². The molecule has 0 spiro atoms. The third-order valence-electron chi connectivity index (χ3n) is 5.35. The molecule has 3 N–H and O–H groups in total. The minimum absolute atomic E-state index is 0.0702. The van der Waals surface area contributed by atoms with Gasteiger partial charge in [0.25, 0.3) is 5.91 Å². The number of carbonyl (C=O) groups is 3. The minimum Gasteiger partial charge on any atom is -0.478 e. The summed E-state index contributed by atoms with van der Waals surface area (Å²) >= 11 is 0.906. The molecule has 2 amide bonds. The van der Waals surface area contributed by atoms with Crippen molar-refractivity contribution < 1.29 is 24.2 Å². The molecule has 1 aromatic heterocycles. The van der Waals surface area contributed by atoms with E-state index < -0.39 is 18.0 Å². The first-order valence-electron chi connectivity index (χ1n) is 9.63. The van der Waals surface area contributed by atoms with Crippen molar-refractivity contribution >= 4 is 34.3 Å². The van der Waals surface area contributed by atoms with Crippen molar-refractivity contribution in [2.45, 2.75) is 12.8 Å². The Bertz CT molecular complexity index is 1150. The molecule has 2 aromatic carbocycles. The highest BCUT2D eigenvalue weighted by atomic mass is 32.1. The van der Waals surface area contributed by atoms with Crippen LogP contribution in [0.4, 0.5) is 9.80 Å². The Morgan fingerprint density at radius 3 is 2.16 bits per heavy atom. The molecule has 0 saturated carbocycles. The topological polar surface area (TPSA) is 105 Å². The second-order valence-corrected chi connectivity index (χ2v) is 8.12. The normalized spacial score (nSPS) is 12.1. The zero-order valence-electron chi connectivity index (χ0n) is 16.9. The fourth-order valence-electron chi connectivity index (χ4n) is 3.92. The zero-order valence-corrected chi connectivity index (χ0v) is 17.7. The minimum atomic E-state index is -1.22. The van der Waals surface area contributed by atoms with Gasteiger partial charge in [0.1, 0.15) is 11.6 Å². The van der Waals surface area contributed by atoms with Crippen LogP contribution in [0.15, 0.2) is 48.5 Å². The molecule has 1 heterocycles. The predicted molar refractivity (Wildman–Crippen MR) is 118 cm³/mol. The van der Waals surface area contributed by atoms with Crippen LogP contribution in [0.2, 0.25) is 0 Å². The van der Waals surface area contributed by atoms with E-state index in [-0.39, 0.29) is 28.0 Å². The van der Waals surface area contributed by atoms with Crippen molar-refractivity contribution in [2.24, 2.45) is 0 Å². The van der Waals surface area contributed by atoms with Gasteiger partial charge in [-0.15, -0.1) is 11.3 Å². The Hall–Kier alpha value is -3.65. The van der Waals surface area contributed by atoms with Crippen molar-refractivity contribution in [3.05, 3.63) is 75.7 Å². The van der Waals surface area contributed by atoms with E-state index in [1.165, 1.54) is 14.0 Å². The molecule has 0 bridgehead atoms. The molecule has 7 nitrogen and oxygen atoms in total. The van der Waals surface area contributed by atoms with E-state index in [4.69, 9.17) is 4.74 Å². The highest BCUT2D eigenvalue weighted by Crippen LogP contribution is 2.44. The zero-order chi connectivity index (χ0) is 22.1. The first-order chi connectivity index (χ1) is 14.9. The first-order valence-corrected chi connectivity index (χ1v) is 10.4. The third-order valence-corrected chi connectivity index (χ3v) is 6.56. The van der Waals surface area contributed by atoms with E-state index >= 15 is 0 Å². The molecule has 3 aromatic rings. The number of rotatable bonds is 5. The summed E-state index contributed by atoms with van der Waals surface area (Å²) in [4.78, 5) is 36.4. The van der Waals surface area contributed by atoms with Gasteiger partial charge in [0.15, 0.2) is 0 Å². The standard InChI is InChI=1S/C23H20N2O5S/c1-12-18(22(27)28)21(31-19(12)20(26)24-2)25-23(29)30-11-17-15-9-5-3-7-13(15)14-8-4-6-10-16(14)17/h3-10,17H,11H2,1-2H3,(H,24,26)(H,25,29)(H,27,28). The fourth-order valence-corrected chi connectivity index (χ4v) is 5.05. The monoisotopic (exact) mass is 436 g/mol. The molecule has 0 unspecified atom stereocenters. The lowest BCUT2D eigenvalue weighted by Crippen LogP contribution is -2.18. The Labute approximate surface area is 182 Å². The number of fused-ring (bicyclic) bond motifs is 3. The average molecular weight is 436 g/mol. The summed E-state index contributed by atoms with van der Waals surface area (Å²) in [5.74, 6) is -1.74. The molecule has 0 saturated heterocycles. The number of hydrogen-bond donors (Lipinski definition) is 3. The molecular formula is C23H20N2O5S. The van der Waals surface area contributed by atoms with Crippen LogP contribution in [-0.4, -0.2) is 36.7 Å². The molecule has 0 atom stereocenters. The van der Waals surface area contributed by atoms with Crippen molar-refractivity contribution in [3.63, 3.8) is 0 Å². The molecule has 4 rings (SSSR count). The second-order valence-electron chi connectivity index (χ2n) is 7.10. The van der Waals surface area contributed by atoms with Gasteiger partial charge in [0.2, 0.25) is 0 Å². The summed E-state index contributed by atoms with van der Waals surface area (Å²) in [6.07, 6.45) is -0.769. The summed E-state index contributed by atoms with van der Waals surface area (Å²) in [7, 11) is 1.46. The molecular weight excluding hydrogens is 416 g/mol. The average Bonchev–Trinajstić information content (AvgIpc) is 3.26. The lowest BCUT2D eigenvalue weighted by Gasteiger charge is -2.14. The van der Waals surface area contributed by atoms with Crippen molar-refractivity contribution in [1.29, 1.82) is 0 Å². The summed E-state index contributed by atoms with van der Waals surface area (Å²) in [6.45, 7) is 1.64. The number of benzene rings is 2. The van der Waals surface area contributed by atoms with Crippen LogP contribution in [0.5, 0.6) is 0 Å². The van der Waals surface area contributed by atoms with E-state index in [0.29, 0.717) is 5.56 Å². The summed E-state index contributed by atoms with van der Waals surface area (Å²) < 4.78 is 5.48. The van der Waals surface area contributed by atoms with Gasteiger partial charge < -0.3 is 15.2 Å². The van der Waals surface area contributed by atoms with Crippen LogP contribution in [-0.2, 0) is 4.74 Å². The SMILES string of the molecule is CNC(=O)c1sc(NC(=O)OCC2c3ccccc3-c3ccccc32)c(C(=O)O)c1C. The number of ether oxygens (including phenoxy) is 1. The van der Waals surface area contributed by atoms with Gasteiger partial charge in [-0.25, -0.2) is 9.59 Å². The van der Waals surface area contributed by atoms with Gasteiger partial charge in [0, 0.05) is 13.0 Å². The van der Waals surface area contributed by atoms with Crippen molar-refractivity contribution in [3.8, 4) is 11.1 Å². The number of carbonyl (C=O) groups excluding carboxylic acids is 2. The largest absolute Gasteiger partial charge is 0.478 e. The fraction of sp³-hybridized carbons (Fsp3) is 0.174. The molecule has 0 fully saturated rings. The van der Waals surface area contributed by atoms with E-state index in [1.807, 2.05) is 48.5 Å². The van der Waals surface area contributed by atoms with Crippen LogP contribution in [0.25, 0.3) is 11.1 Å². The highest BCUT2D eigenvalue weighted by molar-refractivity contribution is 7.18. The van der Waals surface area contributed by atoms with Crippen molar-refractivity contribution in [2.75, 3.05) is 19.0 Å². The number of nitrogens with one attached hydrogen (secondary N) is 2. The number of anilines is 1. The quantitative estimate of drug-likeness (QED) is 0.547. The summed E-state index contributed by atoms with van der Waals surface area (Å²) in [5, 5.41) is 14.6. The van der Waals surface area contributed by atoms with Gasteiger partial charge in [0.05, 0.1) is 10.4 Å². The second kappa shape index (κ2) is 8.23. The maximum Gasteiger partial charge on any atom is 0.412 e. The number of hydrogen-bond acceptors (Lipinski definition) is 5. The molecule has 1 aliphatic carbocycles. The molecule has 8 heteroatoms. The molecule has 0 aliphatic heterocycles. The lowest BCUT2D eigenvalue weighted by atomic mass is 9.98. The Kier molecular flexibility index (Phi) is 5.48. The number of amides is 2. The smallest absolute Gasteiger partial charge is 0.412 e. The van der Waals surface area contributed by atoms with Gasteiger partial charge in [-0.05, 0) is 34.7 Å². The number of aromatic carboxylic acids is 1. The Balaban J connectivity index is 1.53. The van der Waals surface area contributed by atoms with E-state index in [9.17, 15) is 19.5 Å².